The van der Waals surface area contributed by atoms with Gasteiger partial charge in [0.1, 0.15) is 5.75 Å². The van der Waals surface area contributed by atoms with Crippen LogP contribution >= 0.6 is 0 Å². The van der Waals surface area contributed by atoms with Crippen LogP contribution in [0.4, 0.5) is 0 Å². The Labute approximate surface area is 178 Å². The molecule has 0 spiro atoms. The highest BCUT2D eigenvalue weighted by Gasteiger charge is 2.35. The van der Waals surface area contributed by atoms with Crippen molar-refractivity contribution in [2.24, 2.45) is 5.92 Å². The van der Waals surface area contributed by atoms with E-state index in [0.717, 1.165) is 51.7 Å². The zero-order valence-corrected chi connectivity index (χ0v) is 17.7. The Morgan fingerprint density at radius 2 is 2.00 bits per heavy atom. The Hall–Kier alpha value is -2.34. The van der Waals surface area contributed by atoms with Crippen LogP contribution in [0.15, 0.2) is 54.7 Å². The molecule has 2 aliphatic heterocycles. The average molecular weight is 406 g/mol. The van der Waals surface area contributed by atoms with E-state index in [-0.39, 0.29) is 0 Å². The molecular weight excluding hydrogens is 374 g/mol. The monoisotopic (exact) mass is 405 g/mol. The Morgan fingerprint density at radius 3 is 2.87 bits per heavy atom. The molecule has 0 unspecified atom stereocenters. The zero-order valence-electron chi connectivity index (χ0n) is 17.7. The number of nitrogens with zero attached hydrogens (tertiary/aromatic N) is 2. The van der Waals surface area contributed by atoms with Crippen LogP contribution in [-0.2, 0) is 17.8 Å². The van der Waals surface area contributed by atoms with Crippen molar-refractivity contribution in [3.05, 3.63) is 65.9 Å². The molecule has 3 heterocycles. The van der Waals surface area contributed by atoms with Crippen LogP contribution in [0.2, 0.25) is 0 Å². The van der Waals surface area contributed by atoms with Crippen LogP contribution in [0.5, 0.6) is 5.75 Å². The number of hydrogen-bond acceptors (Lipinski definition) is 4. The molecule has 0 aliphatic carbocycles. The maximum absolute atomic E-state index is 6.02. The number of nitrogens with one attached hydrogen (secondary N) is 1. The molecule has 0 amide bonds. The van der Waals surface area contributed by atoms with Gasteiger partial charge in [0.25, 0.3) is 0 Å². The molecule has 1 aromatic heterocycles. The first-order valence-electron chi connectivity index (χ1n) is 11.0. The lowest BCUT2D eigenvalue weighted by Gasteiger charge is -2.42. The van der Waals surface area contributed by atoms with E-state index in [1.54, 1.807) is 7.11 Å². The number of aromatic amines is 1. The van der Waals surface area contributed by atoms with Gasteiger partial charge in [0, 0.05) is 61.8 Å². The second-order valence-corrected chi connectivity index (χ2v) is 8.61. The second-order valence-electron chi connectivity index (χ2n) is 8.61. The molecule has 2 atom stereocenters. The van der Waals surface area contributed by atoms with Crippen molar-refractivity contribution < 1.29 is 9.47 Å². The first-order valence-corrected chi connectivity index (χ1v) is 11.0. The smallest absolute Gasteiger partial charge is 0.119 e. The maximum Gasteiger partial charge on any atom is 0.119 e. The number of likely N-dealkylation sites (tertiary alicyclic amines) is 1. The molecule has 0 radical (unpaired) electrons. The Balaban J connectivity index is 1.28. The predicted molar refractivity (Wildman–Crippen MR) is 120 cm³/mol. The van der Waals surface area contributed by atoms with Gasteiger partial charge in [-0.2, -0.15) is 0 Å². The second kappa shape index (κ2) is 8.80. The lowest BCUT2D eigenvalue weighted by atomic mass is 9.91. The van der Waals surface area contributed by atoms with Crippen molar-refractivity contribution in [2.45, 2.75) is 25.6 Å². The molecule has 158 valence electrons. The third-order valence-corrected chi connectivity index (χ3v) is 6.70. The molecule has 30 heavy (non-hydrogen) atoms. The number of fused-ring (bicyclic) bond motifs is 2. The standard InChI is InChI=1S/C25H31N3O2/c1-29-22-7-8-24-23(13-22)20(14-26-24)16-27-10-9-25-21(17-27)18-30-12-11-28(25)15-19-5-3-2-4-6-19/h2-8,13-14,21,25-26H,9-12,15-18H2,1H3/t21-,25-/m1/s1. The van der Waals surface area contributed by atoms with E-state index in [4.69, 9.17) is 9.47 Å². The fourth-order valence-corrected chi connectivity index (χ4v) is 5.14. The predicted octanol–water partition coefficient (Wildman–Crippen LogP) is 3.90. The van der Waals surface area contributed by atoms with Crippen LogP contribution in [0, 0.1) is 5.92 Å². The van der Waals surface area contributed by atoms with E-state index in [0.29, 0.717) is 12.0 Å². The highest BCUT2D eigenvalue weighted by Crippen LogP contribution is 2.29. The van der Waals surface area contributed by atoms with E-state index < -0.39 is 0 Å². The first-order chi connectivity index (χ1) is 14.8. The Morgan fingerprint density at radius 1 is 1.10 bits per heavy atom. The number of methoxy groups -OCH3 is 1. The Bertz CT molecular complexity index is 971. The van der Waals surface area contributed by atoms with E-state index >= 15 is 0 Å². The molecule has 3 aromatic rings. The van der Waals surface area contributed by atoms with Crippen molar-refractivity contribution in [1.29, 1.82) is 0 Å². The SMILES string of the molecule is COc1ccc2[nH]cc(CN3CC[C@@H]4[C@@H](COCCN4Cc4ccccc4)C3)c2c1. The van der Waals surface area contributed by atoms with Crippen LogP contribution in [0.25, 0.3) is 10.9 Å². The van der Waals surface area contributed by atoms with Gasteiger partial charge in [-0.3, -0.25) is 9.80 Å². The summed E-state index contributed by atoms with van der Waals surface area (Å²) in [6.07, 6.45) is 3.36. The quantitative estimate of drug-likeness (QED) is 0.699. The molecule has 0 saturated carbocycles. The van der Waals surface area contributed by atoms with Crippen molar-refractivity contribution >= 4 is 10.9 Å². The normalized spacial score (nSPS) is 23.2. The van der Waals surface area contributed by atoms with Crippen molar-refractivity contribution in [2.75, 3.05) is 40.0 Å². The van der Waals surface area contributed by atoms with Gasteiger partial charge in [0.2, 0.25) is 0 Å². The molecule has 5 heteroatoms. The van der Waals surface area contributed by atoms with Gasteiger partial charge in [-0.15, -0.1) is 0 Å². The lowest BCUT2D eigenvalue weighted by Crippen LogP contribution is -2.50. The highest BCUT2D eigenvalue weighted by atomic mass is 16.5. The van der Waals surface area contributed by atoms with Crippen molar-refractivity contribution in [1.82, 2.24) is 14.8 Å². The third-order valence-electron chi connectivity index (χ3n) is 6.70. The molecule has 0 bridgehead atoms. The summed E-state index contributed by atoms with van der Waals surface area (Å²) in [5, 5.41) is 1.26. The van der Waals surface area contributed by atoms with E-state index in [1.807, 2.05) is 6.07 Å². The Kier molecular flexibility index (Phi) is 5.75. The summed E-state index contributed by atoms with van der Waals surface area (Å²) in [6, 6.07) is 17.7. The van der Waals surface area contributed by atoms with E-state index in [2.05, 4.69) is 63.4 Å². The largest absolute Gasteiger partial charge is 0.497 e. The van der Waals surface area contributed by atoms with Crippen LogP contribution < -0.4 is 4.74 Å². The van der Waals surface area contributed by atoms with E-state index in [9.17, 15) is 0 Å². The zero-order chi connectivity index (χ0) is 20.3. The minimum atomic E-state index is 0.560. The number of ether oxygens (including phenoxy) is 2. The third kappa shape index (κ3) is 4.10. The number of piperidine rings is 1. The van der Waals surface area contributed by atoms with Crippen LogP contribution in [0.1, 0.15) is 17.5 Å². The lowest BCUT2D eigenvalue weighted by molar-refractivity contribution is 0.0441. The van der Waals surface area contributed by atoms with Gasteiger partial charge in [-0.05, 0) is 35.7 Å². The highest BCUT2D eigenvalue weighted by molar-refractivity contribution is 5.84. The van der Waals surface area contributed by atoms with Gasteiger partial charge < -0.3 is 14.5 Å². The number of hydrogen-bond donors (Lipinski definition) is 1. The minimum absolute atomic E-state index is 0.560. The van der Waals surface area contributed by atoms with Gasteiger partial charge in [-0.1, -0.05) is 30.3 Å². The molecule has 2 aromatic carbocycles. The maximum atomic E-state index is 6.02. The van der Waals surface area contributed by atoms with Gasteiger partial charge >= 0.3 is 0 Å². The molecule has 2 fully saturated rings. The summed E-state index contributed by atoms with van der Waals surface area (Å²) in [6.45, 7) is 6.94. The fraction of sp³-hybridized carbons (Fsp3) is 0.440. The molecule has 1 N–H and O–H groups in total. The fourth-order valence-electron chi connectivity index (χ4n) is 5.14. The molecule has 2 saturated heterocycles. The summed E-state index contributed by atoms with van der Waals surface area (Å²) in [7, 11) is 1.73. The number of aromatic nitrogens is 1. The summed E-state index contributed by atoms with van der Waals surface area (Å²) >= 11 is 0. The number of rotatable bonds is 5. The summed E-state index contributed by atoms with van der Waals surface area (Å²) in [5.41, 5.74) is 3.92. The van der Waals surface area contributed by atoms with Gasteiger partial charge in [0.15, 0.2) is 0 Å². The number of H-pyrrole nitrogens is 1. The molecule has 2 aliphatic rings. The first kappa shape index (κ1) is 19.6. The average Bonchev–Trinajstić information content (AvgIpc) is 3.07. The molecule has 5 nitrogen and oxygen atoms in total. The topological polar surface area (TPSA) is 40.7 Å². The molecular formula is C25H31N3O2. The molecule has 5 rings (SSSR count). The van der Waals surface area contributed by atoms with Crippen molar-refractivity contribution in [3.63, 3.8) is 0 Å². The summed E-state index contributed by atoms with van der Waals surface area (Å²) in [5.74, 6) is 1.47. The minimum Gasteiger partial charge on any atom is -0.497 e. The van der Waals surface area contributed by atoms with E-state index in [1.165, 1.54) is 28.5 Å². The number of benzene rings is 2. The summed E-state index contributed by atoms with van der Waals surface area (Å²) in [4.78, 5) is 8.66. The van der Waals surface area contributed by atoms with Crippen molar-refractivity contribution in [3.8, 4) is 5.75 Å². The van der Waals surface area contributed by atoms with Crippen LogP contribution in [-0.4, -0.2) is 60.8 Å². The van der Waals surface area contributed by atoms with Crippen LogP contribution in [0.3, 0.4) is 0 Å². The van der Waals surface area contributed by atoms with Gasteiger partial charge in [-0.25, -0.2) is 0 Å². The summed E-state index contributed by atoms with van der Waals surface area (Å²) < 4.78 is 11.5. The van der Waals surface area contributed by atoms with Gasteiger partial charge in [0.05, 0.1) is 20.3 Å².